The van der Waals surface area contributed by atoms with E-state index in [0.717, 1.165) is 37.6 Å². The lowest BCUT2D eigenvalue weighted by atomic mass is 10.2. The number of rotatable bonds is 4. The normalized spacial score (nSPS) is 18.9. The van der Waals surface area contributed by atoms with Crippen LogP contribution in [-0.2, 0) is 9.53 Å². The van der Waals surface area contributed by atoms with Gasteiger partial charge in [0.1, 0.15) is 12.4 Å². The minimum Gasteiger partial charge on any atom is -0.495 e. The second kappa shape index (κ2) is 6.87. The Morgan fingerprint density at radius 2 is 2.00 bits per heavy atom. The number of carbonyl (C=O) groups excluding carboxylic acids is 2. The van der Waals surface area contributed by atoms with E-state index in [-0.39, 0.29) is 5.91 Å². The highest BCUT2D eigenvalue weighted by Crippen LogP contribution is 2.27. The first-order chi connectivity index (χ1) is 11.2. The van der Waals surface area contributed by atoms with Gasteiger partial charge in [0.25, 0.3) is 5.91 Å². The summed E-state index contributed by atoms with van der Waals surface area (Å²) in [6, 6.07) is 7.96. The fraction of sp³-hybridized carbons (Fsp3) is 0.500. The number of benzene rings is 1. The van der Waals surface area contributed by atoms with Gasteiger partial charge in [0.2, 0.25) is 0 Å². The average molecular weight is 320 g/mol. The molecule has 0 spiro atoms. The SMILES string of the molecule is COc1ccccc1N1CC[NH+](CC(=O)N2CCOC2=O)CC1. The van der Waals surface area contributed by atoms with Gasteiger partial charge in [-0.25, -0.2) is 9.69 Å². The van der Waals surface area contributed by atoms with Crippen molar-refractivity contribution in [1.82, 2.24) is 4.90 Å². The average Bonchev–Trinajstić information content (AvgIpc) is 3.02. The molecule has 3 rings (SSSR count). The van der Waals surface area contributed by atoms with Crippen LogP contribution in [0.25, 0.3) is 0 Å². The van der Waals surface area contributed by atoms with Gasteiger partial charge in [-0.15, -0.1) is 0 Å². The zero-order chi connectivity index (χ0) is 16.2. The summed E-state index contributed by atoms with van der Waals surface area (Å²) in [7, 11) is 1.67. The van der Waals surface area contributed by atoms with Crippen LogP contribution in [0, 0.1) is 0 Å². The van der Waals surface area contributed by atoms with E-state index in [1.54, 1.807) is 7.11 Å². The summed E-state index contributed by atoms with van der Waals surface area (Å²) in [5.74, 6) is 0.722. The topological polar surface area (TPSA) is 63.5 Å². The molecule has 2 aliphatic rings. The Hall–Kier alpha value is -2.28. The molecule has 124 valence electrons. The molecule has 0 atom stereocenters. The second-order valence-electron chi connectivity index (χ2n) is 5.75. The smallest absolute Gasteiger partial charge is 0.416 e. The maximum atomic E-state index is 12.1. The van der Waals surface area contributed by atoms with Crippen molar-refractivity contribution in [1.29, 1.82) is 0 Å². The molecule has 7 heteroatoms. The number of ether oxygens (including phenoxy) is 2. The first-order valence-electron chi connectivity index (χ1n) is 7.87. The summed E-state index contributed by atoms with van der Waals surface area (Å²) >= 11 is 0. The number of para-hydroxylation sites is 2. The number of amides is 2. The molecule has 2 heterocycles. The van der Waals surface area contributed by atoms with E-state index in [1.165, 1.54) is 9.80 Å². The van der Waals surface area contributed by atoms with Crippen molar-refractivity contribution in [3.8, 4) is 5.75 Å². The van der Waals surface area contributed by atoms with E-state index in [4.69, 9.17) is 9.47 Å². The third-order valence-electron chi connectivity index (χ3n) is 4.36. The van der Waals surface area contributed by atoms with E-state index in [2.05, 4.69) is 11.0 Å². The highest BCUT2D eigenvalue weighted by Gasteiger charge is 2.32. The summed E-state index contributed by atoms with van der Waals surface area (Å²) < 4.78 is 10.2. The predicted molar refractivity (Wildman–Crippen MR) is 83.8 cm³/mol. The Morgan fingerprint density at radius 1 is 1.26 bits per heavy atom. The van der Waals surface area contributed by atoms with Crippen molar-refractivity contribution in [3.05, 3.63) is 24.3 Å². The number of nitrogens with one attached hydrogen (secondary N) is 1. The number of methoxy groups -OCH3 is 1. The lowest BCUT2D eigenvalue weighted by Gasteiger charge is -2.34. The number of imide groups is 1. The van der Waals surface area contributed by atoms with E-state index < -0.39 is 6.09 Å². The van der Waals surface area contributed by atoms with Crippen molar-refractivity contribution in [2.75, 3.05) is 57.9 Å². The minimum atomic E-state index is -0.512. The number of piperazine rings is 1. The fourth-order valence-electron chi connectivity index (χ4n) is 3.06. The Balaban J connectivity index is 1.54. The zero-order valence-corrected chi connectivity index (χ0v) is 13.3. The maximum Gasteiger partial charge on any atom is 0.416 e. The van der Waals surface area contributed by atoms with Crippen molar-refractivity contribution >= 4 is 17.7 Å². The van der Waals surface area contributed by atoms with E-state index >= 15 is 0 Å². The third kappa shape index (κ3) is 3.39. The number of hydrogen-bond acceptors (Lipinski definition) is 5. The molecule has 2 aliphatic heterocycles. The molecule has 0 aromatic heterocycles. The molecule has 0 radical (unpaired) electrons. The highest BCUT2D eigenvalue weighted by molar-refractivity contribution is 5.93. The molecule has 2 saturated heterocycles. The largest absolute Gasteiger partial charge is 0.495 e. The predicted octanol–water partition coefficient (Wildman–Crippen LogP) is -0.621. The summed E-state index contributed by atoms with van der Waals surface area (Å²) in [6.07, 6.45) is -0.512. The molecule has 1 N–H and O–H groups in total. The van der Waals surface area contributed by atoms with Crippen LogP contribution < -0.4 is 14.5 Å². The molecule has 0 aliphatic carbocycles. The van der Waals surface area contributed by atoms with Gasteiger partial charge in [-0.1, -0.05) is 12.1 Å². The van der Waals surface area contributed by atoms with E-state index in [9.17, 15) is 9.59 Å². The quantitative estimate of drug-likeness (QED) is 0.801. The summed E-state index contributed by atoms with van der Waals surface area (Å²) in [6.45, 7) is 4.44. The molecular formula is C16H22N3O4+. The number of hydrogen-bond donors (Lipinski definition) is 1. The molecule has 2 fully saturated rings. The Morgan fingerprint density at radius 3 is 2.65 bits per heavy atom. The van der Waals surface area contributed by atoms with Crippen molar-refractivity contribution in [2.45, 2.75) is 0 Å². The van der Waals surface area contributed by atoms with Gasteiger partial charge in [-0.05, 0) is 12.1 Å². The molecule has 0 bridgehead atoms. The van der Waals surface area contributed by atoms with Gasteiger partial charge in [-0.3, -0.25) is 4.79 Å². The maximum absolute atomic E-state index is 12.1. The lowest BCUT2D eigenvalue weighted by molar-refractivity contribution is -0.892. The first kappa shape index (κ1) is 15.6. The number of carbonyl (C=O) groups is 2. The summed E-state index contributed by atoms with van der Waals surface area (Å²) in [5.41, 5.74) is 1.09. The Labute approximate surface area is 135 Å². The van der Waals surface area contributed by atoms with Crippen LogP contribution in [0.3, 0.4) is 0 Å². The molecule has 1 aromatic rings. The zero-order valence-electron chi connectivity index (χ0n) is 13.3. The number of nitrogens with zero attached hydrogens (tertiary/aromatic N) is 2. The van der Waals surface area contributed by atoms with Gasteiger partial charge in [0.05, 0.1) is 45.5 Å². The van der Waals surface area contributed by atoms with E-state index in [1.807, 2.05) is 18.2 Å². The van der Waals surface area contributed by atoms with Crippen LogP contribution in [0.1, 0.15) is 0 Å². The van der Waals surface area contributed by atoms with Gasteiger partial charge in [0.15, 0.2) is 6.54 Å². The van der Waals surface area contributed by atoms with Crippen molar-refractivity contribution in [3.63, 3.8) is 0 Å². The lowest BCUT2D eigenvalue weighted by Crippen LogP contribution is -3.15. The van der Waals surface area contributed by atoms with Crippen molar-refractivity contribution < 1.29 is 24.0 Å². The standard InChI is InChI=1S/C16H21N3O4/c1-22-14-5-3-2-4-13(14)18-8-6-17(7-9-18)12-15(20)19-10-11-23-16(19)21/h2-5H,6-12H2,1H3/p+1. The third-order valence-corrected chi connectivity index (χ3v) is 4.36. The van der Waals surface area contributed by atoms with Gasteiger partial charge >= 0.3 is 6.09 Å². The second-order valence-corrected chi connectivity index (χ2v) is 5.75. The van der Waals surface area contributed by atoms with Gasteiger partial charge in [0, 0.05) is 0 Å². The number of quaternary nitrogens is 1. The summed E-state index contributed by atoms with van der Waals surface area (Å²) in [5, 5.41) is 0. The van der Waals surface area contributed by atoms with Crippen LogP contribution in [-0.4, -0.2) is 69.9 Å². The first-order valence-corrected chi connectivity index (χ1v) is 7.87. The Bertz CT molecular complexity index is 584. The molecular weight excluding hydrogens is 298 g/mol. The van der Waals surface area contributed by atoms with Crippen molar-refractivity contribution in [2.24, 2.45) is 0 Å². The van der Waals surface area contributed by atoms with Gasteiger partial charge < -0.3 is 19.3 Å². The van der Waals surface area contributed by atoms with Gasteiger partial charge in [-0.2, -0.15) is 0 Å². The molecule has 7 nitrogen and oxygen atoms in total. The van der Waals surface area contributed by atoms with Crippen LogP contribution in [0.5, 0.6) is 5.75 Å². The van der Waals surface area contributed by atoms with E-state index in [0.29, 0.717) is 19.7 Å². The molecule has 1 aromatic carbocycles. The number of anilines is 1. The monoisotopic (exact) mass is 320 g/mol. The van der Waals surface area contributed by atoms with Crippen LogP contribution in [0.2, 0.25) is 0 Å². The summed E-state index contributed by atoms with van der Waals surface area (Å²) in [4.78, 5) is 28.2. The molecule has 0 saturated carbocycles. The molecule has 2 amide bonds. The highest BCUT2D eigenvalue weighted by atomic mass is 16.6. The molecule has 0 unspecified atom stereocenters. The fourth-order valence-corrected chi connectivity index (χ4v) is 3.06. The Kier molecular flexibility index (Phi) is 4.66. The molecule has 23 heavy (non-hydrogen) atoms. The van der Waals surface area contributed by atoms with Crippen LogP contribution >= 0.6 is 0 Å². The number of cyclic esters (lactones) is 1. The minimum absolute atomic E-state index is 0.145. The van der Waals surface area contributed by atoms with Crippen LogP contribution in [0.4, 0.5) is 10.5 Å². The van der Waals surface area contributed by atoms with Crippen LogP contribution in [0.15, 0.2) is 24.3 Å².